The molecule has 0 aliphatic heterocycles. The van der Waals surface area contributed by atoms with Gasteiger partial charge < -0.3 is 20.3 Å². The summed E-state index contributed by atoms with van der Waals surface area (Å²) in [6, 6.07) is 17.0. The number of likely N-dealkylation sites (N-methyl/N-ethyl adjacent to an activating group) is 1. The number of nitrogens with one attached hydrogen (secondary N) is 2. The maximum atomic E-state index is 12.6. The van der Waals surface area contributed by atoms with Crippen LogP contribution in [0.15, 0.2) is 54.6 Å². The van der Waals surface area contributed by atoms with Gasteiger partial charge in [-0.3, -0.25) is 9.59 Å². The van der Waals surface area contributed by atoms with Crippen LogP contribution in [0.1, 0.15) is 19.4 Å². The van der Waals surface area contributed by atoms with Crippen molar-refractivity contribution in [3.05, 3.63) is 60.2 Å². The number of hydrogen-bond donors (Lipinski definition) is 2. The van der Waals surface area contributed by atoms with Crippen LogP contribution in [0.5, 0.6) is 5.75 Å². The van der Waals surface area contributed by atoms with Gasteiger partial charge in [0.05, 0.1) is 0 Å². The Labute approximate surface area is 166 Å². The topological polar surface area (TPSA) is 70.7 Å². The summed E-state index contributed by atoms with van der Waals surface area (Å²) in [6.45, 7) is 4.92. The first-order valence-electron chi connectivity index (χ1n) is 9.30. The van der Waals surface area contributed by atoms with E-state index in [0.717, 1.165) is 5.56 Å². The number of hydrogen-bond acceptors (Lipinski definition) is 4. The molecule has 0 saturated carbocycles. The summed E-state index contributed by atoms with van der Waals surface area (Å²) in [5, 5.41) is 5.60. The number of amides is 2. The molecule has 2 amide bonds. The van der Waals surface area contributed by atoms with E-state index in [1.807, 2.05) is 49.3 Å². The maximum Gasteiger partial charge on any atom is 0.239 e. The first kappa shape index (κ1) is 21.4. The van der Waals surface area contributed by atoms with Crippen LogP contribution in [0.3, 0.4) is 0 Å². The number of rotatable bonds is 9. The number of carbonyl (C=O) groups excluding carboxylic acids is 2. The van der Waals surface area contributed by atoms with Crippen LogP contribution in [-0.2, 0) is 16.2 Å². The Balaban J connectivity index is 1.87. The standard InChI is InChI=1S/C22H29N3O3/c1-22(2,20(26)23-14-15-25(3)4)21(27)24-18-10-12-19(13-11-18)28-16-17-8-6-5-7-9-17/h5-13H,14-16H2,1-4H3,(H,23,26)(H,24,27). The predicted molar refractivity (Wildman–Crippen MR) is 111 cm³/mol. The maximum absolute atomic E-state index is 12.6. The Morgan fingerprint density at radius 2 is 1.61 bits per heavy atom. The average Bonchev–Trinajstić information content (AvgIpc) is 2.67. The highest BCUT2D eigenvalue weighted by Crippen LogP contribution is 2.21. The third-order valence-corrected chi connectivity index (χ3v) is 4.34. The number of nitrogens with zero attached hydrogens (tertiary/aromatic N) is 1. The first-order chi connectivity index (χ1) is 13.3. The zero-order chi connectivity index (χ0) is 20.6. The van der Waals surface area contributed by atoms with E-state index in [9.17, 15) is 9.59 Å². The number of ether oxygens (including phenoxy) is 1. The summed E-state index contributed by atoms with van der Waals surface area (Å²) in [5.41, 5.74) is 0.530. The molecule has 0 radical (unpaired) electrons. The van der Waals surface area contributed by atoms with Gasteiger partial charge in [0.25, 0.3) is 0 Å². The highest BCUT2D eigenvalue weighted by molar-refractivity contribution is 6.09. The summed E-state index contributed by atoms with van der Waals surface area (Å²) < 4.78 is 5.74. The fourth-order valence-corrected chi connectivity index (χ4v) is 2.38. The normalized spacial score (nSPS) is 11.2. The Morgan fingerprint density at radius 3 is 2.21 bits per heavy atom. The van der Waals surface area contributed by atoms with Crippen molar-refractivity contribution >= 4 is 17.5 Å². The lowest BCUT2D eigenvalue weighted by Crippen LogP contribution is -2.46. The van der Waals surface area contributed by atoms with Gasteiger partial charge in [-0.1, -0.05) is 30.3 Å². The monoisotopic (exact) mass is 383 g/mol. The third kappa shape index (κ3) is 6.39. The molecule has 6 nitrogen and oxygen atoms in total. The van der Waals surface area contributed by atoms with Gasteiger partial charge in [-0.2, -0.15) is 0 Å². The predicted octanol–water partition coefficient (Wildman–Crippen LogP) is 2.91. The van der Waals surface area contributed by atoms with Crippen molar-refractivity contribution in [3.63, 3.8) is 0 Å². The minimum atomic E-state index is -1.17. The van der Waals surface area contributed by atoms with E-state index in [2.05, 4.69) is 10.6 Å². The van der Waals surface area contributed by atoms with Gasteiger partial charge in [0.15, 0.2) is 0 Å². The average molecular weight is 383 g/mol. The SMILES string of the molecule is CN(C)CCNC(=O)C(C)(C)C(=O)Nc1ccc(OCc2ccccc2)cc1. The number of anilines is 1. The molecule has 0 spiro atoms. The molecule has 150 valence electrons. The second-order valence-electron chi connectivity index (χ2n) is 7.44. The lowest BCUT2D eigenvalue weighted by atomic mass is 9.91. The molecule has 0 aliphatic rings. The number of benzene rings is 2. The largest absolute Gasteiger partial charge is 0.489 e. The lowest BCUT2D eigenvalue weighted by molar-refractivity contribution is -0.138. The van der Waals surface area contributed by atoms with Crippen LogP contribution in [0.2, 0.25) is 0 Å². The Morgan fingerprint density at radius 1 is 0.964 bits per heavy atom. The van der Waals surface area contributed by atoms with Gasteiger partial charge in [-0.05, 0) is 57.8 Å². The molecule has 2 aromatic rings. The molecular weight excluding hydrogens is 354 g/mol. The van der Waals surface area contributed by atoms with Crippen LogP contribution in [0.4, 0.5) is 5.69 Å². The lowest BCUT2D eigenvalue weighted by Gasteiger charge is -2.23. The zero-order valence-electron chi connectivity index (χ0n) is 17.0. The molecule has 0 heterocycles. The van der Waals surface area contributed by atoms with Crippen molar-refractivity contribution in [2.24, 2.45) is 5.41 Å². The van der Waals surface area contributed by atoms with E-state index >= 15 is 0 Å². The molecular formula is C22H29N3O3. The summed E-state index contributed by atoms with van der Waals surface area (Å²) in [5.74, 6) is 0.0602. The summed E-state index contributed by atoms with van der Waals surface area (Å²) in [4.78, 5) is 26.9. The van der Waals surface area contributed by atoms with E-state index in [4.69, 9.17) is 4.74 Å². The molecule has 2 aromatic carbocycles. The third-order valence-electron chi connectivity index (χ3n) is 4.34. The van der Waals surface area contributed by atoms with E-state index in [1.165, 1.54) is 0 Å². The van der Waals surface area contributed by atoms with E-state index in [1.54, 1.807) is 38.1 Å². The first-order valence-corrected chi connectivity index (χ1v) is 9.30. The van der Waals surface area contributed by atoms with E-state index < -0.39 is 5.41 Å². The van der Waals surface area contributed by atoms with Crippen molar-refractivity contribution in [1.82, 2.24) is 10.2 Å². The summed E-state index contributed by atoms with van der Waals surface area (Å²) >= 11 is 0. The Bertz CT molecular complexity index is 771. The quantitative estimate of drug-likeness (QED) is 0.653. The highest BCUT2D eigenvalue weighted by atomic mass is 16.5. The van der Waals surface area contributed by atoms with Gasteiger partial charge in [0.1, 0.15) is 17.8 Å². The van der Waals surface area contributed by atoms with Crippen molar-refractivity contribution in [3.8, 4) is 5.75 Å². The molecule has 0 unspecified atom stereocenters. The Hall–Kier alpha value is -2.86. The van der Waals surface area contributed by atoms with Crippen molar-refractivity contribution in [2.45, 2.75) is 20.5 Å². The van der Waals surface area contributed by atoms with Crippen LogP contribution in [0, 0.1) is 5.41 Å². The molecule has 28 heavy (non-hydrogen) atoms. The van der Waals surface area contributed by atoms with Crippen LogP contribution in [-0.4, -0.2) is 43.9 Å². The smallest absolute Gasteiger partial charge is 0.239 e. The summed E-state index contributed by atoms with van der Waals surface area (Å²) in [7, 11) is 3.86. The molecule has 0 aromatic heterocycles. The van der Waals surface area contributed by atoms with Gasteiger partial charge in [-0.15, -0.1) is 0 Å². The van der Waals surface area contributed by atoms with E-state index in [-0.39, 0.29) is 11.8 Å². The van der Waals surface area contributed by atoms with Crippen LogP contribution in [0.25, 0.3) is 0 Å². The van der Waals surface area contributed by atoms with Gasteiger partial charge in [0.2, 0.25) is 11.8 Å². The minimum Gasteiger partial charge on any atom is -0.489 e. The van der Waals surface area contributed by atoms with Crippen molar-refractivity contribution in [2.75, 3.05) is 32.5 Å². The van der Waals surface area contributed by atoms with Crippen LogP contribution >= 0.6 is 0 Å². The second kappa shape index (κ2) is 9.90. The van der Waals surface area contributed by atoms with Gasteiger partial charge in [0, 0.05) is 18.8 Å². The molecule has 0 atom stereocenters. The molecule has 0 aliphatic carbocycles. The summed E-state index contributed by atoms with van der Waals surface area (Å²) in [6.07, 6.45) is 0. The van der Waals surface area contributed by atoms with Gasteiger partial charge in [-0.25, -0.2) is 0 Å². The van der Waals surface area contributed by atoms with Crippen molar-refractivity contribution < 1.29 is 14.3 Å². The Kier molecular flexibility index (Phi) is 7.58. The molecule has 2 N–H and O–H groups in total. The zero-order valence-corrected chi connectivity index (χ0v) is 17.0. The second-order valence-corrected chi connectivity index (χ2v) is 7.44. The molecule has 0 saturated heterocycles. The number of carbonyl (C=O) groups is 2. The highest BCUT2D eigenvalue weighted by Gasteiger charge is 2.35. The molecule has 6 heteroatoms. The fourth-order valence-electron chi connectivity index (χ4n) is 2.38. The van der Waals surface area contributed by atoms with Crippen molar-refractivity contribution in [1.29, 1.82) is 0 Å². The van der Waals surface area contributed by atoms with E-state index in [0.29, 0.717) is 31.1 Å². The molecule has 2 rings (SSSR count). The van der Waals surface area contributed by atoms with Gasteiger partial charge >= 0.3 is 0 Å². The van der Waals surface area contributed by atoms with Crippen LogP contribution < -0.4 is 15.4 Å². The fraction of sp³-hybridized carbons (Fsp3) is 0.364. The minimum absolute atomic E-state index is 0.297. The molecule has 0 bridgehead atoms. The molecule has 0 fully saturated rings.